The Hall–Kier alpha value is -2.34. The predicted octanol–water partition coefficient (Wildman–Crippen LogP) is 8.10. The first kappa shape index (κ1) is 48.7. The van der Waals surface area contributed by atoms with E-state index in [9.17, 15) is 30.0 Å². The van der Waals surface area contributed by atoms with Crippen molar-refractivity contribution in [3.8, 4) is 0 Å². The molecule has 0 radical (unpaired) electrons. The maximum atomic E-state index is 12.7. The van der Waals surface area contributed by atoms with Crippen molar-refractivity contribution in [2.75, 3.05) is 19.8 Å². The minimum Gasteiger partial charge on any atom is -0.462 e. The third-order valence-electron chi connectivity index (χ3n) is 9.20. The average molecular weight is 751 g/mol. The number of ether oxygens (including phenoxy) is 4. The van der Waals surface area contributed by atoms with Crippen LogP contribution in [-0.2, 0) is 28.5 Å². The first-order valence-electron chi connectivity index (χ1n) is 20.7. The number of unbranched alkanes of at least 4 members (excludes halogenated alkanes) is 14. The molecule has 1 heterocycles. The molecule has 0 bridgehead atoms. The van der Waals surface area contributed by atoms with Crippen molar-refractivity contribution in [2.24, 2.45) is 0 Å². The summed E-state index contributed by atoms with van der Waals surface area (Å²) < 4.78 is 22.1. The van der Waals surface area contributed by atoms with Gasteiger partial charge in [0.1, 0.15) is 31.0 Å². The summed E-state index contributed by atoms with van der Waals surface area (Å²) in [5.41, 5.74) is 0. The first-order valence-corrected chi connectivity index (χ1v) is 20.7. The van der Waals surface area contributed by atoms with Gasteiger partial charge in [0.25, 0.3) is 0 Å². The highest BCUT2D eigenvalue weighted by Gasteiger charge is 2.44. The van der Waals surface area contributed by atoms with Gasteiger partial charge in [-0.25, -0.2) is 0 Å². The van der Waals surface area contributed by atoms with Crippen molar-refractivity contribution in [1.82, 2.24) is 0 Å². The Morgan fingerprint density at radius 1 is 0.604 bits per heavy atom. The summed E-state index contributed by atoms with van der Waals surface area (Å²) in [6, 6.07) is 0. The number of rotatable bonds is 33. The lowest BCUT2D eigenvalue weighted by Crippen LogP contribution is -2.59. The molecule has 0 aliphatic carbocycles. The quantitative estimate of drug-likeness (QED) is 0.0294. The molecule has 10 nitrogen and oxygen atoms in total. The molecule has 0 aromatic carbocycles. The molecule has 1 saturated heterocycles. The van der Waals surface area contributed by atoms with Crippen molar-refractivity contribution < 1.29 is 49.0 Å². The Kier molecular flexibility index (Phi) is 31.4. The van der Waals surface area contributed by atoms with Gasteiger partial charge in [0.05, 0.1) is 13.2 Å². The van der Waals surface area contributed by atoms with Gasteiger partial charge in [-0.2, -0.15) is 0 Å². The molecular weight excluding hydrogens is 676 g/mol. The Labute approximate surface area is 320 Å². The lowest BCUT2D eigenvalue weighted by molar-refractivity contribution is -0.305. The lowest BCUT2D eigenvalue weighted by atomic mass is 9.99. The van der Waals surface area contributed by atoms with Crippen molar-refractivity contribution in [2.45, 2.75) is 192 Å². The van der Waals surface area contributed by atoms with Crippen molar-refractivity contribution in [3.05, 3.63) is 48.6 Å². The summed E-state index contributed by atoms with van der Waals surface area (Å²) in [6.45, 7) is 3.23. The highest BCUT2D eigenvalue weighted by molar-refractivity contribution is 5.70. The Balaban J connectivity index is 2.37. The molecule has 0 aromatic rings. The highest BCUT2D eigenvalue weighted by Crippen LogP contribution is 2.22. The zero-order chi connectivity index (χ0) is 38.8. The van der Waals surface area contributed by atoms with Gasteiger partial charge in [-0.05, 0) is 64.2 Å². The van der Waals surface area contributed by atoms with Crippen LogP contribution in [-0.4, -0.2) is 89.0 Å². The molecule has 6 atom stereocenters. The zero-order valence-corrected chi connectivity index (χ0v) is 33.0. The second-order valence-corrected chi connectivity index (χ2v) is 14.1. The molecule has 0 saturated carbocycles. The standard InChI is InChI=1S/C43H74O10/c1-3-5-7-9-11-13-15-16-17-18-19-20-22-24-26-28-30-32-39(46)52-36(35-51-43-42(49)41(48)40(47)37(33-44)53-43)34-50-38(45)31-29-27-25-23-21-14-12-10-8-6-4-2/h5,7,10-13,16-17,36-37,40-44,47-49H,3-4,6,8-9,14-15,18-35H2,1-2H3/b7-5-,12-10-,13-11-,17-16-. The lowest BCUT2D eigenvalue weighted by Gasteiger charge is -2.39. The molecule has 53 heavy (non-hydrogen) atoms. The van der Waals surface area contributed by atoms with Gasteiger partial charge in [-0.15, -0.1) is 0 Å². The van der Waals surface area contributed by atoms with Crippen molar-refractivity contribution in [1.29, 1.82) is 0 Å². The van der Waals surface area contributed by atoms with Crippen LogP contribution in [0.3, 0.4) is 0 Å². The van der Waals surface area contributed by atoms with Gasteiger partial charge in [-0.3, -0.25) is 9.59 Å². The summed E-state index contributed by atoms with van der Waals surface area (Å²) >= 11 is 0. The van der Waals surface area contributed by atoms with Crippen LogP contribution in [0.25, 0.3) is 0 Å². The topological polar surface area (TPSA) is 152 Å². The van der Waals surface area contributed by atoms with Gasteiger partial charge >= 0.3 is 11.9 Å². The molecule has 4 N–H and O–H groups in total. The minimum absolute atomic E-state index is 0.215. The summed E-state index contributed by atoms with van der Waals surface area (Å²) in [5.74, 6) is -0.834. The van der Waals surface area contributed by atoms with Gasteiger partial charge in [0.2, 0.25) is 0 Å². The normalized spacial score (nSPS) is 21.4. The fraction of sp³-hybridized carbons (Fsp3) is 0.767. The summed E-state index contributed by atoms with van der Waals surface area (Å²) in [6.07, 6.45) is 31.2. The molecule has 306 valence electrons. The second kappa shape index (κ2) is 34.2. The van der Waals surface area contributed by atoms with Crippen LogP contribution in [0.2, 0.25) is 0 Å². The summed E-state index contributed by atoms with van der Waals surface area (Å²) in [4.78, 5) is 25.2. The van der Waals surface area contributed by atoms with E-state index in [1.54, 1.807) is 0 Å². The van der Waals surface area contributed by atoms with E-state index >= 15 is 0 Å². The van der Waals surface area contributed by atoms with Crippen LogP contribution in [0.5, 0.6) is 0 Å². The smallest absolute Gasteiger partial charge is 0.306 e. The van der Waals surface area contributed by atoms with Crippen LogP contribution in [0.1, 0.15) is 155 Å². The number of aliphatic hydroxyl groups is 4. The molecule has 0 amide bonds. The molecule has 1 aliphatic rings. The van der Waals surface area contributed by atoms with E-state index in [0.29, 0.717) is 12.8 Å². The first-order chi connectivity index (χ1) is 25.8. The molecule has 6 unspecified atom stereocenters. The molecule has 1 rings (SSSR count). The molecular formula is C43H74O10. The van der Waals surface area contributed by atoms with Crippen LogP contribution in [0, 0.1) is 0 Å². The number of hydrogen-bond donors (Lipinski definition) is 4. The number of esters is 2. The van der Waals surface area contributed by atoms with E-state index in [1.807, 2.05) is 0 Å². The summed E-state index contributed by atoms with van der Waals surface area (Å²) in [5, 5.41) is 40.0. The SMILES string of the molecule is CC/C=C\C/C=C\C/C=C\CCCCCCCCCC(=O)OC(COC(=O)CCCCCCC/C=C\CCCC)COC1OC(CO)C(O)C(O)C1O. The van der Waals surface area contributed by atoms with Crippen molar-refractivity contribution >= 4 is 11.9 Å². The Bertz CT molecular complexity index is 1010. The van der Waals surface area contributed by atoms with E-state index in [4.69, 9.17) is 18.9 Å². The van der Waals surface area contributed by atoms with Crippen molar-refractivity contribution in [3.63, 3.8) is 0 Å². The van der Waals surface area contributed by atoms with E-state index in [1.165, 1.54) is 32.1 Å². The molecule has 1 aliphatic heterocycles. The number of carbonyl (C=O) groups is 2. The second-order valence-electron chi connectivity index (χ2n) is 14.1. The van der Waals surface area contributed by atoms with Gasteiger partial charge in [0.15, 0.2) is 12.4 Å². The molecule has 0 spiro atoms. The average Bonchev–Trinajstić information content (AvgIpc) is 3.15. The Morgan fingerprint density at radius 2 is 1.11 bits per heavy atom. The monoisotopic (exact) mass is 751 g/mol. The van der Waals surface area contributed by atoms with Crippen LogP contribution < -0.4 is 0 Å². The molecule has 1 fully saturated rings. The third kappa shape index (κ3) is 26.2. The fourth-order valence-corrected chi connectivity index (χ4v) is 5.89. The minimum atomic E-state index is -1.60. The number of carbonyl (C=O) groups excluding carboxylic acids is 2. The van der Waals surface area contributed by atoms with E-state index in [0.717, 1.165) is 83.5 Å². The Morgan fingerprint density at radius 3 is 1.70 bits per heavy atom. The maximum Gasteiger partial charge on any atom is 0.306 e. The molecule has 0 aromatic heterocycles. The zero-order valence-electron chi connectivity index (χ0n) is 33.0. The van der Waals surface area contributed by atoms with Crippen LogP contribution >= 0.6 is 0 Å². The third-order valence-corrected chi connectivity index (χ3v) is 9.20. The number of allylic oxidation sites excluding steroid dienone is 8. The largest absolute Gasteiger partial charge is 0.462 e. The number of hydrogen-bond acceptors (Lipinski definition) is 10. The predicted molar refractivity (Wildman–Crippen MR) is 210 cm³/mol. The number of aliphatic hydroxyl groups excluding tert-OH is 4. The van der Waals surface area contributed by atoms with Crippen LogP contribution in [0.15, 0.2) is 48.6 Å². The summed E-state index contributed by atoms with van der Waals surface area (Å²) in [7, 11) is 0. The van der Waals surface area contributed by atoms with Gasteiger partial charge in [-0.1, -0.05) is 127 Å². The molecule has 10 heteroatoms. The van der Waals surface area contributed by atoms with Gasteiger partial charge in [0, 0.05) is 12.8 Å². The fourth-order valence-electron chi connectivity index (χ4n) is 5.89. The van der Waals surface area contributed by atoms with E-state index in [2.05, 4.69) is 62.5 Å². The van der Waals surface area contributed by atoms with Gasteiger partial charge < -0.3 is 39.4 Å². The van der Waals surface area contributed by atoms with E-state index < -0.39 is 55.4 Å². The maximum absolute atomic E-state index is 12.7. The van der Waals surface area contributed by atoms with Crippen LogP contribution in [0.4, 0.5) is 0 Å². The van der Waals surface area contributed by atoms with E-state index in [-0.39, 0.29) is 26.1 Å². The highest BCUT2D eigenvalue weighted by atomic mass is 16.7.